The lowest BCUT2D eigenvalue weighted by Gasteiger charge is -2.13. The second-order valence-corrected chi connectivity index (χ2v) is 7.25. The van der Waals surface area contributed by atoms with Gasteiger partial charge in [-0.3, -0.25) is 9.59 Å². The molecule has 0 spiro atoms. The molecule has 0 heterocycles. The molecule has 4 heteroatoms. The Morgan fingerprint density at radius 1 is 0.885 bits per heavy atom. The number of carbonyl (C=O) groups is 2. The summed E-state index contributed by atoms with van der Waals surface area (Å²) in [5.41, 5.74) is 1.86. The molecule has 0 bridgehead atoms. The van der Waals surface area contributed by atoms with Crippen molar-refractivity contribution in [3.05, 3.63) is 82.3 Å². The fourth-order valence-electron chi connectivity index (χ4n) is 3.18. The summed E-state index contributed by atoms with van der Waals surface area (Å²) in [5, 5.41) is 11.6. The molecule has 26 heavy (non-hydrogen) atoms. The average molecular weight is 411 g/mol. The first kappa shape index (κ1) is 18.3. The molecule has 0 amide bonds. The Hall–Kier alpha value is -2.46. The van der Waals surface area contributed by atoms with Gasteiger partial charge in [-0.05, 0) is 34.4 Å². The molecule has 0 aliphatic carbocycles. The summed E-state index contributed by atoms with van der Waals surface area (Å²) in [4.78, 5) is 24.2. The Morgan fingerprint density at radius 2 is 1.54 bits per heavy atom. The Bertz CT molecular complexity index is 935. The van der Waals surface area contributed by atoms with Gasteiger partial charge in [-0.1, -0.05) is 76.6 Å². The van der Waals surface area contributed by atoms with Crippen LogP contribution in [0.15, 0.2) is 71.2 Å². The molecule has 0 aromatic heterocycles. The minimum atomic E-state index is -0.928. The van der Waals surface area contributed by atoms with Gasteiger partial charge < -0.3 is 5.11 Å². The second kappa shape index (κ2) is 8.28. The minimum absolute atomic E-state index is 0.0363. The third-order valence-electron chi connectivity index (χ3n) is 4.50. The van der Waals surface area contributed by atoms with Crippen molar-refractivity contribution < 1.29 is 14.7 Å². The lowest BCUT2D eigenvalue weighted by molar-refractivity contribution is -0.143. The van der Waals surface area contributed by atoms with Crippen LogP contribution in [0.4, 0.5) is 0 Å². The van der Waals surface area contributed by atoms with Crippen LogP contribution in [0.3, 0.4) is 0 Å². The summed E-state index contributed by atoms with van der Waals surface area (Å²) in [6.45, 7) is 0. The lowest BCUT2D eigenvalue weighted by atomic mass is 9.91. The highest BCUT2D eigenvalue weighted by Crippen LogP contribution is 2.27. The van der Waals surface area contributed by atoms with E-state index >= 15 is 0 Å². The zero-order valence-corrected chi connectivity index (χ0v) is 15.8. The molecular weight excluding hydrogens is 392 g/mol. The molecule has 0 fully saturated rings. The van der Waals surface area contributed by atoms with Crippen LogP contribution in [0, 0.1) is 5.92 Å². The Kier molecular flexibility index (Phi) is 5.84. The molecular formula is C22H19BrO3. The van der Waals surface area contributed by atoms with Gasteiger partial charge in [-0.15, -0.1) is 0 Å². The Morgan fingerprint density at radius 3 is 2.23 bits per heavy atom. The van der Waals surface area contributed by atoms with Crippen LogP contribution in [0.25, 0.3) is 10.8 Å². The van der Waals surface area contributed by atoms with Gasteiger partial charge in [0, 0.05) is 17.3 Å². The van der Waals surface area contributed by atoms with E-state index in [1.54, 1.807) is 0 Å². The fourth-order valence-corrected chi connectivity index (χ4v) is 3.66. The molecule has 0 saturated carbocycles. The normalized spacial score (nSPS) is 12.0. The van der Waals surface area contributed by atoms with Crippen molar-refractivity contribution in [1.82, 2.24) is 0 Å². The van der Waals surface area contributed by atoms with Gasteiger partial charge >= 0.3 is 5.97 Å². The average Bonchev–Trinajstić information content (AvgIpc) is 2.64. The van der Waals surface area contributed by atoms with E-state index < -0.39 is 11.9 Å². The van der Waals surface area contributed by atoms with Crippen LogP contribution in [-0.2, 0) is 22.4 Å². The molecule has 3 rings (SSSR count). The first-order valence-corrected chi connectivity index (χ1v) is 9.28. The minimum Gasteiger partial charge on any atom is -0.481 e. The zero-order valence-electron chi connectivity index (χ0n) is 14.2. The molecule has 1 N–H and O–H groups in total. The predicted octanol–water partition coefficient (Wildman–Crippen LogP) is 5.05. The molecule has 0 aliphatic rings. The number of benzene rings is 3. The molecule has 0 radical (unpaired) electrons. The summed E-state index contributed by atoms with van der Waals surface area (Å²) >= 11 is 3.53. The number of fused-ring (bicyclic) bond motifs is 1. The zero-order chi connectivity index (χ0) is 18.5. The van der Waals surface area contributed by atoms with E-state index in [0.717, 1.165) is 26.4 Å². The van der Waals surface area contributed by atoms with Gasteiger partial charge in [0.1, 0.15) is 5.78 Å². The maximum Gasteiger partial charge on any atom is 0.307 e. The number of hydrogen-bond donors (Lipinski definition) is 1. The molecule has 3 nitrogen and oxygen atoms in total. The third kappa shape index (κ3) is 4.38. The van der Waals surface area contributed by atoms with Crippen molar-refractivity contribution in [2.45, 2.75) is 19.3 Å². The van der Waals surface area contributed by atoms with Crippen molar-refractivity contribution in [3.63, 3.8) is 0 Å². The molecule has 3 aromatic rings. The second-order valence-electron chi connectivity index (χ2n) is 6.40. The van der Waals surface area contributed by atoms with Crippen molar-refractivity contribution >= 4 is 38.5 Å². The van der Waals surface area contributed by atoms with Gasteiger partial charge in [0.2, 0.25) is 0 Å². The number of carbonyl (C=O) groups excluding carboxylic acids is 1. The maximum absolute atomic E-state index is 12.6. The van der Waals surface area contributed by atoms with Crippen LogP contribution in [0.2, 0.25) is 0 Å². The first-order chi connectivity index (χ1) is 12.5. The third-order valence-corrected chi connectivity index (χ3v) is 5.19. The topological polar surface area (TPSA) is 54.4 Å². The smallest absolute Gasteiger partial charge is 0.307 e. The van der Waals surface area contributed by atoms with Crippen LogP contribution in [0.1, 0.15) is 17.5 Å². The summed E-state index contributed by atoms with van der Waals surface area (Å²) in [7, 11) is 0. The van der Waals surface area contributed by atoms with E-state index in [0.29, 0.717) is 6.42 Å². The summed E-state index contributed by atoms with van der Waals surface area (Å²) in [5.74, 6) is -1.68. The SMILES string of the molecule is O=C(Cc1ccc(Br)c2ccccc12)C[C@@H](Cc1ccccc1)C(=O)O. The monoisotopic (exact) mass is 410 g/mol. The molecule has 0 saturated heterocycles. The van der Waals surface area contributed by atoms with E-state index in [2.05, 4.69) is 15.9 Å². The van der Waals surface area contributed by atoms with Crippen molar-refractivity contribution in [2.24, 2.45) is 5.92 Å². The van der Waals surface area contributed by atoms with E-state index in [4.69, 9.17) is 0 Å². The van der Waals surface area contributed by atoms with Crippen LogP contribution < -0.4 is 0 Å². The highest BCUT2D eigenvalue weighted by atomic mass is 79.9. The predicted molar refractivity (Wildman–Crippen MR) is 106 cm³/mol. The number of halogens is 1. The van der Waals surface area contributed by atoms with Gasteiger partial charge in [0.05, 0.1) is 5.92 Å². The number of hydrogen-bond acceptors (Lipinski definition) is 2. The Balaban J connectivity index is 1.75. The number of rotatable bonds is 7. The summed E-state index contributed by atoms with van der Waals surface area (Å²) < 4.78 is 0.983. The Labute approximate surface area is 160 Å². The molecule has 0 unspecified atom stereocenters. The van der Waals surface area contributed by atoms with Crippen LogP contribution in [-0.4, -0.2) is 16.9 Å². The van der Waals surface area contributed by atoms with E-state index in [-0.39, 0.29) is 18.6 Å². The highest BCUT2D eigenvalue weighted by molar-refractivity contribution is 9.10. The van der Waals surface area contributed by atoms with Crippen molar-refractivity contribution in [1.29, 1.82) is 0 Å². The van der Waals surface area contributed by atoms with Gasteiger partial charge in [-0.2, -0.15) is 0 Å². The summed E-state index contributed by atoms with van der Waals surface area (Å²) in [6.07, 6.45) is 0.643. The molecule has 132 valence electrons. The quantitative estimate of drug-likeness (QED) is 0.592. The van der Waals surface area contributed by atoms with Crippen molar-refractivity contribution in [2.75, 3.05) is 0 Å². The van der Waals surface area contributed by atoms with Crippen LogP contribution >= 0.6 is 15.9 Å². The van der Waals surface area contributed by atoms with Gasteiger partial charge in [0.15, 0.2) is 0 Å². The molecule has 1 atom stereocenters. The largest absolute Gasteiger partial charge is 0.481 e. The van der Waals surface area contributed by atoms with Crippen LogP contribution in [0.5, 0.6) is 0 Å². The standard InChI is InChI=1S/C22H19BrO3/c23-21-11-10-16(19-8-4-5-9-20(19)21)13-18(24)14-17(22(25)26)12-15-6-2-1-3-7-15/h1-11,17H,12-14H2,(H,25,26)/t17-/m1/s1. The fraction of sp³-hybridized carbons (Fsp3) is 0.182. The summed E-state index contributed by atoms with van der Waals surface area (Å²) in [6, 6.07) is 21.2. The van der Waals surface area contributed by atoms with Gasteiger partial charge in [0.25, 0.3) is 0 Å². The number of carboxylic acid groups (broad SMARTS) is 1. The maximum atomic E-state index is 12.6. The number of Topliss-reactive ketones (excluding diaryl/α,β-unsaturated/α-hetero) is 1. The molecule has 0 aliphatic heterocycles. The molecule has 3 aromatic carbocycles. The first-order valence-electron chi connectivity index (χ1n) is 8.49. The van der Waals surface area contributed by atoms with E-state index in [1.807, 2.05) is 66.7 Å². The van der Waals surface area contributed by atoms with Crippen molar-refractivity contribution in [3.8, 4) is 0 Å². The van der Waals surface area contributed by atoms with E-state index in [1.165, 1.54) is 0 Å². The lowest BCUT2D eigenvalue weighted by Crippen LogP contribution is -2.21. The number of aliphatic carboxylic acids is 1. The number of carboxylic acids is 1. The van der Waals surface area contributed by atoms with Gasteiger partial charge in [-0.25, -0.2) is 0 Å². The van der Waals surface area contributed by atoms with E-state index in [9.17, 15) is 14.7 Å². The number of ketones is 1. The highest BCUT2D eigenvalue weighted by Gasteiger charge is 2.22.